The van der Waals surface area contributed by atoms with Crippen LogP contribution in [-0.4, -0.2) is 37.6 Å². The Morgan fingerprint density at radius 2 is 1.61 bits per heavy atom. The highest BCUT2D eigenvalue weighted by Gasteiger charge is 2.24. The van der Waals surface area contributed by atoms with Gasteiger partial charge in [-0.05, 0) is 69.4 Å². The number of carboxylic acids is 1. The topological polar surface area (TPSA) is 119 Å². The summed E-state index contributed by atoms with van der Waals surface area (Å²) in [7, 11) is -5.29. The lowest BCUT2D eigenvalue weighted by molar-refractivity contribution is -0.153. The van der Waals surface area contributed by atoms with E-state index >= 15 is 0 Å². The zero-order chi connectivity index (χ0) is 21.9. The van der Waals surface area contributed by atoms with E-state index in [0.717, 1.165) is 0 Å². The number of ether oxygens (including phenoxy) is 1. The lowest BCUT2D eigenvalue weighted by atomic mass is 9.90. The Hall–Kier alpha value is -2.20. The van der Waals surface area contributed by atoms with Gasteiger partial charge in [-0.25, -0.2) is 0 Å². The summed E-state index contributed by atoms with van der Waals surface area (Å²) >= 11 is 0. The third-order valence-corrected chi connectivity index (χ3v) is 4.36. The summed E-state index contributed by atoms with van der Waals surface area (Å²) in [4.78, 5) is 23.0. The Morgan fingerprint density at radius 3 is 2.07 bits per heavy atom. The predicted octanol–water partition coefficient (Wildman–Crippen LogP) is 2.26. The molecule has 0 aliphatic heterocycles. The zero-order valence-electron chi connectivity index (χ0n) is 16.8. The van der Waals surface area contributed by atoms with Crippen LogP contribution < -0.4 is 9.50 Å². The van der Waals surface area contributed by atoms with E-state index < -0.39 is 28.0 Å². The second-order valence-electron chi connectivity index (χ2n) is 7.40. The number of benzene rings is 1. The first-order valence-corrected chi connectivity index (χ1v) is 9.83. The van der Waals surface area contributed by atoms with Gasteiger partial charge in [0.25, 0.3) is 0 Å². The van der Waals surface area contributed by atoms with Gasteiger partial charge in [0.2, 0.25) is 0 Å². The van der Waals surface area contributed by atoms with E-state index in [1.54, 1.807) is 27.7 Å². The van der Waals surface area contributed by atoms with Crippen LogP contribution in [0.1, 0.15) is 48.6 Å². The molecule has 8 nitrogen and oxygen atoms in total. The summed E-state index contributed by atoms with van der Waals surface area (Å²) in [5.74, 6) is -1.86. The number of rotatable bonds is 8. The van der Waals surface area contributed by atoms with Crippen LogP contribution in [0.25, 0.3) is 0 Å². The number of hydrogen-bond donors (Lipinski definition) is 2. The molecule has 0 saturated heterocycles. The molecule has 1 aromatic carbocycles. The molecule has 1 rings (SSSR count). The molecule has 10 heteroatoms. The van der Waals surface area contributed by atoms with E-state index in [0.29, 0.717) is 22.3 Å². The van der Waals surface area contributed by atoms with Crippen molar-refractivity contribution in [1.29, 1.82) is 0 Å². The fourth-order valence-corrected chi connectivity index (χ4v) is 3.32. The van der Waals surface area contributed by atoms with Crippen LogP contribution in [0.2, 0.25) is 0 Å². The maximum atomic E-state index is 13.1. The summed E-state index contributed by atoms with van der Waals surface area (Å²) in [5.41, 5.74) is 1.36. The lowest BCUT2D eigenvalue weighted by Crippen LogP contribution is -2.31. The minimum absolute atomic E-state index is 0.104. The molecule has 28 heavy (non-hydrogen) atoms. The van der Waals surface area contributed by atoms with E-state index in [1.807, 2.05) is 0 Å². The van der Waals surface area contributed by atoms with E-state index in [4.69, 9.17) is 9.84 Å². The van der Waals surface area contributed by atoms with Gasteiger partial charge in [0.1, 0.15) is 5.60 Å². The number of nitrogens with one attached hydrogen (secondary N) is 1. The van der Waals surface area contributed by atoms with Gasteiger partial charge in [0, 0.05) is 6.54 Å². The molecule has 0 bridgehead atoms. The minimum atomic E-state index is -5.29. The molecule has 1 aromatic rings. The monoisotopic (exact) mass is 419 g/mol. The van der Waals surface area contributed by atoms with Crippen LogP contribution in [-0.2, 0) is 37.8 Å². The fraction of sp³-hybridized carbons (Fsp3) is 0.556. The molecular weight excluding hydrogens is 393 g/mol. The quantitative estimate of drug-likeness (QED) is 0.486. The molecule has 0 aliphatic carbocycles. The molecule has 0 heterocycles. The normalized spacial score (nSPS) is 12.0. The molecular formula is C18H26FNO7S. The third kappa shape index (κ3) is 7.08. The van der Waals surface area contributed by atoms with Crippen molar-refractivity contribution in [3.8, 4) is 5.75 Å². The van der Waals surface area contributed by atoms with Crippen LogP contribution in [0.3, 0.4) is 0 Å². The Bertz CT molecular complexity index is 873. The van der Waals surface area contributed by atoms with Crippen LogP contribution in [0.5, 0.6) is 5.75 Å². The SMILES string of the molecule is Cc1c(CNCC(=O)OC(C)(C)C)c(C)c(OS(=O)(=O)F)c(C)c1CC(=O)O. The van der Waals surface area contributed by atoms with Crippen molar-refractivity contribution in [3.05, 3.63) is 27.8 Å². The van der Waals surface area contributed by atoms with Crippen molar-refractivity contribution < 1.29 is 35.9 Å². The molecule has 0 unspecified atom stereocenters. The molecule has 0 aromatic heterocycles. The van der Waals surface area contributed by atoms with Gasteiger partial charge in [-0.1, -0.05) is 3.89 Å². The largest absolute Gasteiger partial charge is 0.488 e. The number of halogens is 1. The van der Waals surface area contributed by atoms with Crippen LogP contribution in [0, 0.1) is 20.8 Å². The first kappa shape index (κ1) is 23.8. The lowest BCUT2D eigenvalue weighted by Gasteiger charge is -2.22. The standard InChI is InChI=1S/C18H26FNO7S/c1-10-13(7-15(21)22)11(2)17(27-28(19,24)25)12(3)14(10)8-20-9-16(23)26-18(4,5)6/h20H,7-9H2,1-6H3,(H,21,22). The zero-order valence-corrected chi connectivity index (χ0v) is 17.6. The number of aliphatic carboxylic acids is 1. The third-order valence-electron chi connectivity index (χ3n) is 3.99. The summed E-state index contributed by atoms with van der Waals surface area (Å²) < 4.78 is 44.8. The second kappa shape index (κ2) is 8.87. The Kier molecular flexibility index (Phi) is 7.55. The molecule has 0 atom stereocenters. The summed E-state index contributed by atoms with van der Waals surface area (Å²) in [6.45, 7) is 9.88. The average molecular weight is 419 g/mol. The van der Waals surface area contributed by atoms with Crippen molar-refractivity contribution in [1.82, 2.24) is 5.32 Å². The maximum absolute atomic E-state index is 13.1. The molecule has 158 valence electrons. The summed E-state index contributed by atoms with van der Waals surface area (Å²) in [6.07, 6.45) is -0.389. The molecule has 0 radical (unpaired) electrons. The predicted molar refractivity (Wildman–Crippen MR) is 100 cm³/mol. The van der Waals surface area contributed by atoms with Crippen LogP contribution >= 0.6 is 0 Å². The molecule has 0 aliphatic rings. The van der Waals surface area contributed by atoms with E-state index in [9.17, 15) is 21.9 Å². The van der Waals surface area contributed by atoms with E-state index in [-0.39, 0.29) is 30.8 Å². The van der Waals surface area contributed by atoms with Gasteiger partial charge in [-0.2, -0.15) is 8.42 Å². The molecule has 0 spiro atoms. The highest BCUT2D eigenvalue weighted by molar-refractivity contribution is 7.81. The molecule has 0 amide bonds. The van der Waals surface area contributed by atoms with Crippen molar-refractivity contribution in [2.45, 2.75) is 60.1 Å². The number of carboxylic acid groups (broad SMARTS) is 1. The molecule has 0 saturated carbocycles. The molecule has 2 N–H and O–H groups in total. The van der Waals surface area contributed by atoms with Gasteiger partial charge in [0.15, 0.2) is 5.75 Å². The van der Waals surface area contributed by atoms with Gasteiger partial charge in [-0.3, -0.25) is 9.59 Å². The number of hydrogen-bond acceptors (Lipinski definition) is 7. The number of carbonyl (C=O) groups excluding carboxylic acids is 1. The number of carbonyl (C=O) groups is 2. The second-order valence-corrected chi connectivity index (χ2v) is 8.35. The number of esters is 1. The average Bonchev–Trinajstić information content (AvgIpc) is 2.48. The maximum Gasteiger partial charge on any atom is 0.488 e. The van der Waals surface area contributed by atoms with Gasteiger partial charge in [-0.15, -0.1) is 0 Å². The Labute approximate surface area is 164 Å². The van der Waals surface area contributed by atoms with Crippen molar-refractivity contribution in [2.75, 3.05) is 6.54 Å². The van der Waals surface area contributed by atoms with E-state index in [1.165, 1.54) is 13.8 Å². The minimum Gasteiger partial charge on any atom is -0.481 e. The summed E-state index contributed by atoms with van der Waals surface area (Å²) in [6, 6.07) is 0. The van der Waals surface area contributed by atoms with Crippen molar-refractivity contribution >= 4 is 22.4 Å². The highest BCUT2D eigenvalue weighted by Crippen LogP contribution is 2.34. The van der Waals surface area contributed by atoms with Gasteiger partial charge in [0.05, 0.1) is 13.0 Å². The van der Waals surface area contributed by atoms with E-state index in [2.05, 4.69) is 9.50 Å². The smallest absolute Gasteiger partial charge is 0.481 e. The van der Waals surface area contributed by atoms with Crippen molar-refractivity contribution in [2.24, 2.45) is 0 Å². The van der Waals surface area contributed by atoms with Crippen LogP contribution in [0.4, 0.5) is 3.89 Å². The first-order chi connectivity index (χ1) is 12.6. The fourth-order valence-electron chi connectivity index (χ4n) is 2.87. The Morgan fingerprint density at radius 1 is 1.07 bits per heavy atom. The van der Waals surface area contributed by atoms with Crippen LogP contribution in [0.15, 0.2) is 0 Å². The first-order valence-electron chi connectivity index (χ1n) is 8.52. The summed E-state index contributed by atoms with van der Waals surface area (Å²) in [5, 5.41) is 12.0. The van der Waals surface area contributed by atoms with Gasteiger partial charge >= 0.3 is 22.4 Å². The van der Waals surface area contributed by atoms with Gasteiger partial charge < -0.3 is 19.3 Å². The Balaban J connectivity index is 3.24. The van der Waals surface area contributed by atoms with Crippen molar-refractivity contribution in [3.63, 3.8) is 0 Å². The molecule has 0 fully saturated rings. The highest BCUT2D eigenvalue weighted by atomic mass is 32.3.